The van der Waals surface area contributed by atoms with Crippen molar-refractivity contribution in [3.63, 3.8) is 0 Å². The van der Waals surface area contributed by atoms with E-state index in [2.05, 4.69) is 15.3 Å². The molecule has 0 aliphatic rings. The van der Waals surface area contributed by atoms with E-state index >= 15 is 0 Å². The van der Waals surface area contributed by atoms with Crippen molar-refractivity contribution in [3.8, 4) is 17.0 Å². The second kappa shape index (κ2) is 8.06. The van der Waals surface area contributed by atoms with Gasteiger partial charge in [-0.2, -0.15) is 0 Å². The molecule has 6 heteroatoms. The molecule has 1 aromatic heterocycles. The Morgan fingerprint density at radius 1 is 0.966 bits per heavy atom. The number of hydrogen-bond donors (Lipinski definition) is 1. The number of nitrogens with one attached hydrogen (secondary N) is 1. The van der Waals surface area contributed by atoms with Gasteiger partial charge in [-0.15, -0.1) is 0 Å². The van der Waals surface area contributed by atoms with E-state index in [1.807, 2.05) is 36.4 Å². The number of fused-ring (bicyclic) bond motifs is 1. The van der Waals surface area contributed by atoms with E-state index in [1.165, 1.54) is 12.1 Å². The highest BCUT2D eigenvalue weighted by molar-refractivity contribution is 5.94. The number of rotatable bonds is 5. The van der Waals surface area contributed by atoms with E-state index in [-0.39, 0.29) is 5.69 Å². The fourth-order valence-electron chi connectivity index (χ4n) is 2.86. The highest BCUT2D eigenvalue weighted by Gasteiger charge is 2.16. The number of anilines is 1. The number of carbonyl (C=O) groups excluding carboxylic acids is 1. The van der Waals surface area contributed by atoms with E-state index in [1.54, 1.807) is 37.4 Å². The lowest BCUT2D eigenvalue weighted by Crippen LogP contribution is -2.30. The zero-order valence-corrected chi connectivity index (χ0v) is 15.7. The summed E-state index contributed by atoms with van der Waals surface area (Å²) < 4.78 is 19.4. The van der Waals surface area contributed by atoms with Crippen LogP contribution in [-0.2, 0) is 4.79 Å². The third-order valence-corrected chi connectivity index (χ3v) is 4.41. The minimum atomic E-state index is -0.791. The van der Waals surface area contributed by atoms with Gasteiger partial charge in [0.15, 0.2) is 6.10 Å². The molecule has 1 amide bonds. The topological polar surface area (TPSA) is 64.1 Å². The number of nitrogens with zero attached hydrogens (tertiary/aromatic N) is 2. The maximum Gasteiger partial charge on any atom is 0.265 e. The molecule has 0 fully saturated rings. The average molecular weight is 387 g/mol. The van der Waals surface area contributed by atoms with E-state index in [0.29, 0.717) is 5.75 Å². The highest BCUT2D eigenvalue weighted by atomic mass is 19.1. The van der Waals surface area contributed by atoms with Crippen LogP contribution in [0.4, 0.5) is 10.1 Å². The largest absolute Gasteiger partial charge is 0.481 e. The monoisotopic (exact) mass is 387 g/mol. The Hall–Kier alpha value is -3.80. The second-order valence-corrected chi connectivity index (χ2v) is 6.50. The maximum absolute atomic E-state index is 13.7. The van der Waals surface area contributed by atoms with Crippen molar-refractivity contribution in [2.45, 2.75) is 13.0 Å². The maximum atomic E-state index is 13.7. The summed E-state index contributed by atoms with van der Waals surface area (Å²) in [6.45, 7) is 1.61. The summed E-state index contributed by atoms with van der Waals surface area (Å²) in [5.74, 6) is -0.396. The van der Waals surface area contributed by atoms with Crippen molar-refractivity contribution in [1.29, 1.82) is 0 Å². The van der Waals surface area contributed by atoms with Crippen LogP contribution >= 0.6 is 0 Å². The van der Waals surface area contributed by atoms with Crippen LogP contribution in [0.2, 0.25) is 0 Å². The Labute approximate surface area is 167 Å². The van der Waals surface area contributed by atoms with Crippen LogP contribution in [0.3, 0.4) is 0 Å². The standard InChI is InChI=1S/C23H18FN3O2/c1-15(23(28)27-19-7-3-2-6-18(19)24)29-17-12-10-16(11-13-17)22-14-25-20-8-4-5-9-21(20)26-22/h2-15H,1H3,(H,27,28). The van der Waals surface area contributed by atoms with Gasteiger partial charge in [0, 0.05) is 5.56 Å². The third-order valence-electron chi connectivity index (χ3n) is 4.41. The van der Waals surface area contributed by atoms with Crippen LogP contribution in [0.5, 0.6) is 5.75 Å². The molecule has 0 aliphatic heterocycles. The molecule has 4 rings (SSSR count). The number of ether oxygens (including phenoxy) is 1. The molecule has 0 radical (unpaired) electrons. The fourth-order valence-corrected chi connectivity index (χ4v) is 2.86. The van der Waals surface area contributed by atoms with Gasteiger partial charge in [-0.3, -0.25) is 9.78 Å². The van der Waals surface area contributed by atoms with Gasteiger partial charge in [0.2, 0.25) is 0 Å². The molecular weight excluding hydrogens is 369 g/mol. The summed E-state index contributed by atoms with van der Waals surface area (Å²) in [7, 11) is 0. The highest BCUT2D eigenvalue weighted by Crippen LogP contribution is 2.23. The van der Waals surface area contributed by atoms with Crippen molar-refractivity contribution in [2.24, 2.45) is 0 Å². The molecule has 144 valence electrons. The quantitative estimate of drug-likeness (QED) is 0.532. The summed E-state index contributed by atoms with van der Waals surface area (Å²) >= 11 is 0. The molecule has 5 nitrogen and oxygen atoms in total. The molecule has 3 aromatic carbocycles. The molecule has 0 bridgehead atoms. The summed E-state index contributed by atoms with van der Waals surface area (Å²) in [5.41, 5.74) is 3.42. The first-order chi connectivity index (χ1) is 14.1. The second-order valence-electron chi connectivity index (χ2n) is 6.50. The number of para-hydroxylation sites is 3. The van der Waals surface area contributed by atoms with Crippen LogP contribution < -0.4 is 10.1 Å². The van der Waals surface area contributed by atoms with E-state index in [4.69, 9.17) is 4.74 Å². The van der Waals surface area contributed by atoms with Gasteiger partial charge in [0.25, 0.3) is 5.91 Å². The van der Waals surface area contributed by atoms with E-state index in [0.717, 1.165) is 22.3 Å². The first-order valence-electron chi connectivity index (χ1n) is 9.14. The van der Waals surface area contributed by atoms with Gasteiger partial charge in [-0.05, 0) is 55.5 Å². The van der Waals surface area contributed by atoms with Crippen LogP contribution in [0.1, 0.15) is 6.92 Å². The molecule has 0 saturated carbocycles. The van der Waals surface area contributed by atoms with E-state index < -0.39 is 17.8 Å². The molecule has 1 N–H and O–H groups in total. The zero-order valence-electron chi connectivity index (χ0n) is 15.7. The summed E-state index contributed by atoms with van der Waals surface area (Å²) in [5, 5.41) is 2.53. The molecule has 0 aliphatic carbocycles. The number of halogens is 1. The molecule has 1 atom stereocenters. The Morgan fingerprint density at radius 2 is 1.66 bits per heavy atom. The van der Waals surface area contributed by atoms with Gasteiger partial charge >= 0.3 is 0 Å². The normalized spacial score (nSPS) is 11.8. The first kappa shape index (κ1) is 18.6. The lowest BCUT2D eigenvalue weighted by atomic mass is 10.1. The number of aromatic nitrogens is 2. The van der Waals surface area contributed by atoms with Crippen LogP contribution in [0.15, 0.2) is 79.0 Å². The molecule has 4 aromatic rings. The Bertz CT molecular complexity index is 1160. The molecule has 0 saturated heterocycles. The predicted molar refractivity (Wildman–Crippen MR) is 110 cm³/mol. The molecule has 0 spiro atoms. The number of hydrogen-bond acceptors (Lipinski definition) is 4. The van der Waals surface area contributed by atoms with Gasteiger partial charge in [0.1, 0.15) is 11.6 Å². The molecule has 29 heavy (non-hydrogen) atoms. The van der Waals surface area contributed by atoms with Crippen LogP contribution in [0.25, 0.3) is 22.3 Å². The van der Waals surface area contributed by atoms with Crippen molar-refractivity contribution in [1.82, 2.24) is 9.97 Å². The van der Waals surface area contributed by atoms with Crippen LogP contribution in [0, 0.1) is 5.82 Å². The summed E-state index contributed by atoms with van der Waals surface area (Å²) in [6.07, 6.45) is 0.934. The van der Waals surface area contributed by atoms with Gasteiger partial charge in [-0.25, -0.2) is 9.37 Å². The fraction of sp³-hybridized carbons (Fsp3) is 0.0870. The number of carbonyl (C=O) groups is 1. The Balaban J connectivity index is 1.44. The lowest BCUT2D eigenvalue weighted by molar-refractivity contribution is -0.122. The first-order valence-corrected chi connectivity index (χ1v) is 9.14. The molecular formula is C23H18FN3O2. The Morgan fingerprint density at radius 3 is 2.41 bits per heavy atom. The minimum Gasteiger partial charge on any atom is -0.481 e. The van der Waals surface area contributed by atoms with Gasteiger partial charge in [0.05, 0.1) is 28.6 Å². The Kier molecular flexibility index (Phi) is 5.16. The van der Waals surface area contributed by atoms with Crippen molar-refractivity contribution < 1.29 is 13.9 Å². The molecule has 1 heterocycles. The predicted octanol–water partition coefficient (Wildman–Crippen LogP) is 4.84. The number of benzene rings is 3. The molecule has 1 unspecified atom stereocenters. The van der Waals surface area contributed by atoms with Crippen LogP contribution in [-0.4, -0.2) is 22.0 Å². The minimum absolute atomic E-state index is 0.123. The third kappa shape index (κ3) is 4.21. The average Bonchev–Trinajstić information content (AvgIpc) is 2.75. The summed E-state index contributed by atoms with van der Waals surface area (Å²) in [6, 6.07) is 20.9. The van der Waals surface area contributed by atoms with E-state index in [9.17, 15) is 9.18 Å². The zero-order chi connectivity index (χ0) is 20.2. The smallest absolute Gasteiger partial charge is 0.265 e. The van der Waals surface area contributed by atoms with Crippen molar-refractivity contribution in [3.05, 3.63) is 84.8 Å². The summed E-state index contributed by atoms with van der Waals surface area (Å²) in [4.78, 5) is 21.3. The SMILES string of the molecule is CC(Oc1ccc(-c2cnc3ccccc3n2)cc1)C(=O)Nc1ccccc1F. The van der Waals surface area contributed by atoms with Gasteiger partial charge in [-0.1, -0.05) is 24.3 Å². The number of amides is 1. The van der Waals surface area contributed by atoms with Gasteiger partial charge < -0.3 is 10.1 Å². The van der Waals surface area contributed by atoms with Crippen molar-refractivity contribution >= 4 is 22.6 Å². The van der Waals surface area contributed by atoms with Crippen molar-refractivity contribution in [2.75, 3.05) is 5.32 Å². The lowest BCUT2D eigenvalue weighted by Gasteiger charge is -2.15.